The van der Waals surface area contributed by atoms with Crippen LogP contribution in [0.5, 0.6) is 0 Å². The summed E-state index contributed by atoms with van der Waals surface area (Å²) in [5.74, 6) is 0.834. The van der Waals surface area contributed by atoms with Gasteiger partial charge in [0.25, 0.3) is 0 Å². The maximum atomic E-state index is 12.7. The Balaban J connectivity index is 1.77. The van der Waals surface area contributed by atoms with E-state index in [1.54, 1.807) is 16.2 Å². The molecule has 152 valence electrons. The highest BCUT2D eigenvalue weighted by atomic mass is 32.2. The Bertz CT molecular complexity index is 1020. The topological polar surface area (TPSA) is 98.6 Å². The first-order valence-electron chi connectivity index (χ1n) is 9.38. The molecule has 2 aromatic heterocycles. The van der Waals surface area contributed by atoms with Gasteiger partial charge in [0.15, 0.2) is 11.0 Å². The highest BCUT2D eigenvalue weighted by Crippen LogP contribution is 2.28. The molecule has 9 heteroatoms. The van der Waals surface area contributed by atoms with E-state index in [1.807, 2.05) is 64.6 Å². The summed E-state index contributed by atoms with van der Waals surface area (Å²) in [7, 11) is 0. The molecule has 2 heterocycles. The molecule has 0 N–H and O–H groups in total. The lowest BCUT2D eigenvalue weighted by atomic mass is 10.2. The fourth-order valence-electron chi connectivity index (χ4n) is 2.84. The summed E-state index contributed by atoms with van der Waals surface area (Å²) in [5.41, 5.74) is 1.12. The second-order valence-electron chi connectivity index (χ2n) is 6.34. The molecule has 7 nitrogen and oxygen atoms in total. The summed E-state index contributed by atoms with van der Waals surface area (Å²) < 4.78 is 2.02. The van der Waals surface area contributed by atoms with Crippen molar-refractivity contribution >= 4 is 29.0 Å². The number of hydrogen-bond donors (Lipinski definition) is 0. The van der Waals surface area contributed by atoms with Gasteiger partial charge in [-0.15, -0.1) is 21.5 Å². The van der Waals surface area contributed by atoms with Gasteiger partial charge in [-0.3, -0.25) is 9.36 Å². The first-order chi connectivity index (χ1) is 14.7. The van der Waals surface area contributed by atoms with Gasteiger partial charge < -0.3 is 4.90 Å². The van der Waals surface area contributed by atoms with Crippen molar-refractivity contribution in [3.8, 4) is 22.8 Å². The van der Waals surface area contributed by atoms with Crippen molar-refractivity contribution in [1.82, 2.24) is 19.7 Å². The molecule has 0 aliphatic heterocycles. The first kappa shape index (κ1) is 21.6. The zero-order chi connectivity index (χ0) is 21.2. The second-order valence-corrected chi connectivity index (χ2v) is 8.23. The van der Waals surface area contributed by atoms with Crippen molar-refractivity contribution in [2.24, 2.45) is 0 Å². The zero-order valence-electron chi connectivity index (χ0n) is 16.3. The fraction of sp³-hybridized carbons (Fsp3) is 0.286. The van der Waals surface area contributed by atoms with Crippen LogP contribution in [-0.4, -0.2) is 44.4 Å². The maximum Gasteiger partial charge on any atom is 0.233 e. The Hall–Kier alpha value is -3.14. The van der Waals surface area contributed by atoms with Crippen LogP contribution in [0.4, 0.5) is 0 Å². The van der Waals surface area contributed by atoms with Crippen molar-refractivity contribution in [2.75, 3.05) is 18.8 Å². The smallest absolute Gasteiger partial charge is 0.233 e. The Morgan fingerprint density at radius 3 is 2.43 bits per heavy atom. The number of hydrogen-bond acceptors (Lipinski definition) is 7. The van der Waals surface area contributed by atoms with Gasteiger partial charge in [0, 0.05) is 13.1 Å². The Morgan fingerprint density at radius 1 is 1.07 bits per heavy atom. The molecule has 0 unspecified atom stereocenters. The SMILES string of the molecule is N#CCCN(CCC#N)C(=O)CSc1nnc(-c2cccs2)n1Cc1ccccc1. The van der Waals surface area contributed by atoms with Gasteiger partial charge >= 0.3 is 0 Å². The van der Waals surface area contributed by atoms with Crippen LogP contribution in [0, 0.1) is 22.7 Å². The third-order valence-corrected chi connectivity index (χ3v) is 6.12. The average molecular weight is 437 g/mol. The van der Waals surface area contributed by atoms with Gasteiger partial charge in [0.05, 0.1) is 42.2 Å². The lowest BCUT2D eigenvalue weighted by Crippen LogP contribution is -2.34. The van der Waals surface area contributed by atoms with E-state index >= 15 is 0 Å². The van der Waals surface area contributed by atoms with Crippen LogP contribution in [0.25, 0.3) is 10.7 Å². The van der Waals surface area contributed by atoms with Crippen LogP contribution in [0.15, 0.2) is 53.0 Å². The van der Waals surface area contributed by atoms with Crippen molar-refractivity contribution < 1.29 is 4.79 Å². The van der Waals surface area contributed by atoms with E-state index in [1.165, 1.54) is 11.8 Å². The summed E-state index contributed by atoms with van der Waals surface area (Å²) in [6.45, 7) is 1.26. The zero-order valence-corrected chi connectivity index (χ0v) is 17.9. The van der Waals surface area contributed by atoms with Gasteiger partial charge in [-0.2, -0.15) is 10.5 Å². The summed E-state index contributed by atoms with van der Waals surface area (Å²) in [6.07, 6.45) is 0.489. The average Bonchev–Trinajstić information content (AvgIpc) is 3.43. The third kappa shape index (κ3) is 5.69. The highest BCUT2D eigenvalue weighted by molar-refractivity contribution is 7.99. The molecule has 3 aromatic rings. The first-order valence-corrected chi connectivity index (χ1v) is 11.2. The van der Waals surface area contributed by atoms with Crippen molar-refractivity contribution in [3.05, 3.63) is 53.4 Å². The lowest BCUT2D eigenvalue weighted by molar-refractivity contribution is -0.128. The van der Waals surface area contributed by atoms with Crippen LogP contribution in [0.2, 0.25) is 0 Å². The van der Waals surface area contributed by atoms with Crippen molar-refractivity contribution in [3.63, 3.8) is 0 Å². The molecule has 0 saturated carbocycles. The van der Waals surface area contributed by atoms with E-state index < -0.39 is 0 Å². The Labute approximate surface area is 183 Å². The number of aromatic nitrogens is 3. The predicted octanol–water partition coefficient (Wildman–Crippen LogP) is 3.80. The predicted molar refractivity (Wildman–Crippen MR) is 117 cm³/mol. The van der Waals surface area contributed by atoms with Crippen LogP contribution >= 0.6 is 23.1 Å². The maximum absolute atomic E-state index is 12.7. The van der Waals surface area contributed by atoms with Crippen LogP contribution in [0.1, 0.15) is 18.4 Å². The summed E-state index contributed by atoms with van der Waals surface area (Å²) >= 11 is 2.92. The monoisotopic (exact) mass is 436 g/mol. The number of nitrogens with zero attached hydrogens (tertiary/aromatic N) is 6. The molecule has 0 saturated heterocycles. The quantitative estimate of drug-likeness (QED) is 0.448. The third-order valence-electron chi connectivity index (χ3n) is 4.31. The molecule has 0 atom stereocenters. The van der Waals surface area contributed by atoms with Gasteiger partial charge in [-0.25, -0.2) is 0 Å². The van der Waals surface area contributed by atoms with Crippen LogP contribution in [0.3, 0.4) is 0 Å². The van der Waals surface area contributed by atoms with Gasteiger partial charge in [0.2, 0.25) is 5.91 Å². The molecule has 0 radical (unpaired) electrons. The minimum absolute atomic E-state index is 0.113. The Kier molecular flexibility index (Phi) is 8.02. The molecular formula is C21H20N6OS2. The van der Waals surface area contributed by atoms with Gasteiger partial charge in [-0.1, -0.05) is 48.2 Å². The number of rotatable bonds is 10. The molecule has 0 bridgehead atoms. The van der Waals surface area contributed by atoms with Crippen molar-refractivity contribution in [1.29, 1.82) is 10.5 Å². The molecule has 0 aliphatic rings. The standard InChI is InChI=1S/C21H20N6OS2/c22-10-5-12-26(13-6-11-23)19(28)16-30-21-25-24-20(18-9-4-14-29-18)27(21)15-17-7-2-1-3-8-17/h1-4,7-9,14H,5-6,12-13,15-16H2. The van der Waals surface area contributed by atoms with E-state index in [0.29, 0.717) is 24.8 Å². The second kappa shape index (κ2) is 11.1. The Morgan fingerprint density at radius 2 is 1.80 bits per heavy atom. The van der Waals surface area contributed by atoms with E-state index in [0.717, 1.165) is 16.3 Å². The number of carbonyl (C=O) groups is 1. The number of benzene rings is 1. The number of nitriles is 2. The number of carbonyl (C=O) groups excluding carboxylic acids is 1. The van der Waals surface area contributed by atoms with Gasteiger partial charge in [-0.05, 0) is 17.0 Å². The molecule has 0 fully saturated rings. The van der Waals surface area contributed by atoms with E-state index in [2.05, 4.69) is 10.2 Å². The summed E-state index contributed by atoms with van der Waals surface area (Å²) in [6, 6.07) is 18.1. The summed E-state index contributed by atoms with van der Waals surface area (Å²) in [4.78, 5) is 15.2. The van der Waals surface area contributed by atoms with E-state index in [4.69, 9.17) is 10.5 Å². The van der Waals surface area contributed by atoms with Gasteiger partial charge in [0.1, 0.15) is 0 Å². The van der Waals surface area contributed by atoms with E-state index in [9.17, 15) is 4.79 Å². The normalized spacial score (nSPS) is 10.3. The fourth-order valence-corrected chi connectivity index (χ4v) is 4.40. The minimum Gasteiger partial charge on any atom is -0.340 e. The molecule has 1 aromatic carbocycles. The van der Waals surface area contributed by atoms with E-state index in [-0.39, 0.29) is 24.5 Å². The van der Waals surface area contributed by atoms with Crippen molar-refractivity contribution in [2.45, 2.75) is 24.5 Å². The molecule has 1 amide bonds. The highest BCUT2D eigenvalue weighted by Gasteiger charge is 2.19. The molecular weight excluding hydrogens is 416 g/mol. The van der Waals surface area contributed by atoms with Crippen LogP contribution < -0.4 is 0 Å². The molecule has 0 aliphatic carbocycles. The largest absolute Gasteiger partial charge is 0.340 e. The lowest BCUT2D eigenvalue weighted by Gasteiger charge is -2.20. The number of thiophene rings is 1. The van der Waals surface area contributed by atoms with Crippen LogP contribution in [-0.2, 0) is 11.3 Å². The summed E-state index contributed by atoms with van der Waals surface area (Å²) in [5, 5.41) is 29.0. The molecule has 3 rings (SSSR count). The number of amides is 1. The number of thioether (sulfide) groups is 1. The minimum atomic E-state index is -0.113. The molecule has 30 heavy (non-hydrogen) atoms. The molecule has 0 spiro atoms.